The summed E-state index contributed by atoms with van der Waals surface area (Å²) in [5, 5.41) is 0. The zero-order valence-electron chi connectivity index (χ0n) is 12.0. The van der Waals surface area contributed by atoms with Crippen molar-refractivity contribution >= 4 is 26.8 Å². The van der Waals surface area contributed by atoms with Crippen LogP contribution in [0.5, 0.6) is 0 Å². The molecule has 1 aromatic carbocycles. The molecular weight excluding hydrogens is 278 g/mol. The second-order valence-electron chi connectivity index (χ2n) is 5.42. The molecule has 0 radical (unpaired) electrons. The van der Waals surface area contributed by atoms with Gasteiger partial charge in [0.05, 0.1) is 22.6 Å². The molecule has 0 saturated carbocycles. The molecule has 1 heterocycles. The first-order valence-electron chi connectivity index (χ1n) is 6.15. The van der Waals surface area contributed by atoms with Crippen molar-refractivity contribution in [2.45, 2.75) is 30.9 Å². The Labute approximate surface area is 118 Å². The lowest BCUT2D eigenvalue weighted by atomic mass is 10.1. The number of sulfone groups is 1. The number of fused-ring (bicyclic) bond motifs is 1. The fourth-order valence-electron chi connectivity index (χ4n) is 2.05. The molecule has 0 spiro atoms. The fraction of sp³-hybridized carbons (Fsp3) is 0.462. The highest BCUT2D eigenvalue weighted by Gasteiger charge is 2.23. The summed E-state index contributed by atoms with van der Waals surface area (Å²) >= 11 is 0. The number of methoxy groups -OCH3 is 1. The van der Waals surface area contributed by atoms with E-state index in [1.54, 1.807) is 23.8 Å². The predicted octanol–water partition coefficient (Wildman–Crippen LogP) is 1.45. The number of anilines is 1. The van der Waals surface area contributed by atoms with Crippen LogP contribution in [0.4, 0.5) is 5.95 Å². The van der Waals surface area contributed by atoms with Gasteiger partial charge in [-0.3, -0.25) is 0 Å². The zero-order chi connectivity index (χ0) is 15.1. The number of rotatable bonds is 4. The summed E-state index contributed by atoms with van der Waals surface area (Å²) in [7, 11) is -1.72. The first kappa shape index (κ1) is 14.8. The van der Waals surface area contributed by atoms with Crippen LogP contribution in [0.2, 0.25) is 0 Å². The van der Waals surface area contributed by atoms with Gasteiger partial charge in [0.1, 0.15) is 5.52 Å². The first-order valence-corrected chi connectivity index (χ1v) is 8.05. The third-order valence-corrected chi connectivity index (χ3v) is 4.39. The predicted molar refractivity (Wildman–Crippen MR) is 78.3 cm³/mol. The van der Waals surface area contributed by atoms with Crippen molar-refractivity contribution in [2.24, 2.45) is 0 Å². The maximum atomic E-state index is 11.8. The minimum Gasteiger partial charge on any atom is -0.377 e. The number of imidazole rings is 1. The SMILES string of the molecule is COC(C)(C)Cn1c(N)nc2c(S(C)(=O)=O)cccc21. The third-order valence-electron chi connectivity index (χ3n) is 3.26. The maximum Gasteiger partial charge on any atom is 0.201 e. The number of nitrogen functional groups attached to an aromatic ring is 1. The Kier molecular flexibility index (Phi) is 3.51. The van der Waals surface area contributed by atoms with Crippen LogP contribution in [0.3, 0.4) is 0 Å². The van der Waals surface area contributed by atoms with E-state index in [4.69, 9.17) is 10.5 Å². The summed E-state index contributed by atoms with van der Waals surface area (Å²) in [5.74, 6) is 0.279. The molecule has 1 aromatic heterocycles. The molecule has 0 amide bonds. The normalized spacial score (nSPS) is 13.0. The van der Waals surface area contributed by atoms with Gasteiger partial charge in [-0.2, -0.15) is 0 Å². The Balaban J connectivity index is 2.68. The second kappa shape index (κ2) is 4.75. The van der Waals surface area contributed by atoms with E-state index >= 15 is 0 Å². The summed E-state index contributed by atoms with van der Waals surface area (Å²) in [6.45, 7) is 4.34. The number of aromatic nitrogens is 2. The van der Waals surface area contributed by atoms with Crippen LogP contribution in [0.25, 0.3) is 11.0 Å². The van der Waals surface area contributed by atoms with Gasteiger partial charge in [0.2, 0.25) is 5.95 Å². The standard InChI is InChI=1S/C13H19N3O3S/c1-13(2,19-3)8-16-9-6-5-7-10(20(4,17)18)11(9)15-12(16)14/h5-7H,8H2,1-4H3,(H2,14,15). The van der Waals surface area contributed by atoms with Crippen LogP contribution in [0.15, 0.2) is 23.1 Å². The molecule has 0 atom stereocenters. The van der Waals surface area contributed by atoms with E-state index < -0.39 is 15.4 Å². The Bertz CT molecular complexity index is 748. The van der Waals surface area contributed by atoms with Crippen molar-refractivity contribution in [3.05, 3.63) is 18.2 Å². The number of ether oxygens (including phenoxy) is 1. The fourth-order valence-corrected chi connectivity index (χ4v) is 2.88. The van der Waals surface area contributed by atoms with Gasteiger partial charge in [-0.1, -0.05) is 6.07 Å². The van der Waals surface area contributed by atoms with Crippen LogP contribution in [-0.2, 0) is 21.1 Å². The van der Waals surface area contributed by atoms with Crippen LogP contribution < -0.4 is 5.73 Å². The maximum absolute atomic E-state index is 11.8. The molecule has 0 aliphatic carbocycles. The van der Waals surface area contributed by atoms with Gasteiger partial charge in [-0.05, 0) is 26.0 Å². The first-order chi connectivity index (χ1) is 9.15. The monoisotopic (exact) mass is 297 g/mol. The molecule has 0 bridgehead atoms. The number of nitrogens with two attached hydrogens (primary N) is 1. The molecule has 2 aromatic rings. The van der Waals surface area contributed by atoms with Crippen LogP contribution in [-0.4, -0.2) is 36.9 Å². The molecule has 6 nitrogen and oxygen atoms in total. The minimum atomic E-state index is -3.34. The van der Waals surface area contributed by atoms with Crippen molar-refractivity contribution in [2.75, 3.05) is 19.1 Å². The van der Waals surface area contributed by atoms with Crippen molar-refractivity contribution < 1.29 is 13.2 Å². The number of para-hydroxylation sites is 1. The number of nitrogens with zero attached hydrogens (tertiary/aromatic N) is 2. The molecule has 0 saturated heterocycles. The van der Waals surface area contributed by atoms with Gasteiger partial charge in [-0.25, -0.2) is 13.4 Å². The van der Waals surface area contributed by atoms with Gasteiger partial charge in [-0.15, -0.1) is 0 Å². The largest absolute Gasteiger partial charge is 0.377 e. The lowest BCUT2D eigenvalue weighted by molar-refractivity contribution is 0.00947. The number of hydrogen-bond acceptors (Lipinski definition) is 5. The van der Waals surface area contributed by atoms with Crippen molar-refractivity contribution in [1.29, 1.82) is 0 Å². The topological polar surface area (TPSA) is 87.2 Å². The van der Waals surface area contributed by atoms with E-state index in [1.807, 2.05) is 13.8 Å². The molecule has 0 unspecified atom stereocenters. The highest BCUT2D eigenvalue weighted by atomic mass is 32.2. The van der Waals surface area contributed by atoms with Crippen molar-refractivity contribution in [3.63, 3.8) is 0 Å². The molecule has 7 heteroatoms. The summed E-state index contributed by atoms with van der Waals surface area (Å²) in [6.07, 6.45) is 1.16. The highest BCUT2D eigenvalue weighted by Crippen LogP contribution is 2.26. The van der Waals surface area contributed by atoms with E-state index in [0.717, 1.165) is 6.26 Å². The molecule has 0 fully saturated rings. The average Bonchev–Trinajstić information content (AvgIpc) is 2.64. The molecular formula is C13H19N3O3S. The highest BCUT2D eigenvalue weighted by molar-refractivity contribution is 7.91. The van der Waals surface area contributed by atoms with Gasteiger partial charge in [0.15, 0.2) is 9.84 Å². The second-order valence-corrected chi connectivity index (χ2v) is 7.40. The average molecular weight is 297 g/mol. The van der Waals surface area contributed by atoms with E-state index in [-0.39, 0.29) is 10.8 Å². The van der Waals surface area contributed by atoms with E-state index in [2.05, 4.69) is 4.98 Å². The molecule has 0 aliphatic rings. The summed E-state index contributed by atoms with van der Waals surface area (Å²) in [5.41, 5.74) is 6.59. The number of benzene rings is 1. The van der Waals surface area contributed by atoms with E-state index in [1.165, 1.54) is 6.07 Å². The van der Waals surface area contributed by atoms with Crippen molar-refractivity contribution in [3.8, 4) is 0 Å². The molecule has 110 valence electrons. The van der Waals surface area contributed by atoms with Crippen LogP contribution >= 0.6 is 0 Å². The summed E-state index contributed by atoms with van der Waals surface area (Å²) < 4.78 is 30.7. The third kappa shape index (κ3) is 2.64. The Morgan fingerprint density at radius 1 is 1.40 bits per heavy atom. The summed E-state index contributed by atoms with van der Waals surface area (Å²) in [4.78, 5) is 4.39. The molecule has 2 rings (SSSR count). The minimum absolute atomic E-state index is 0.190. The Morgan fingerprint density at radius 2 is 2.05 bits per heavy atom. The lowest BCUT2D eigenvalue weighted by Gasteiger charge is -2.24. The van der Waals surface area contributed by atoms with E-state index in [0.29, 0.717) is 17.6 Å². The number of hydrogen-bond donors (Lipinski definition) is 1. The van der Waals surface area contributed by atoms with E-state index in [9.17, 15) is 8.42 Å². The zero-order valence-corrected chi connectivity index (χ0v) is 12.9. The summed E-state index contributed by atoms with van der Waals surface area (Å²) in [6, 6.07) is 5.03. The van der Waals surface area contributed by atoms with Crippen molar-refractivity contribution in [1.82, 2.24) is 9.55 Å². The van der Waals surface area contributed by atoms with Gasteiger partial charge >= 0.3 is 0 Å². The van der Waals surface area contributed by atoms with Gasteiger partial charge < -0.3 is 15.0 Å². The Hall–Kier alpha value is -1.60. The molecule has 0 aliphatic heterocycles. The molecule has 20 heavy (non-hydrogen) atoms. The lowest BCUT2D eigenvalue weighted by Crippen LogP contribution is -2.29. The van der Waals surface area contributed by atoms with Crippen LogP contribution in [0.1, 0.15) is 13.8 Å². The quantitative estimate of drug-likeness (QED) is 0.923. The molecule has 2 N–H and O–H groups in total. The smallest absolute Gasteiger partial charge is 0.201 e. The van der Waals surface area contributed by atoms with Crippen LogP contribution in [0, 0.1) is 0 Å². The van der Waals surface area contributed by atoms with Gasteiger partial charge in [0, 0.05) is 13.4 Å². The van der Waals surface area contributed by atoms with Gasteiger partial charge in [0.25, 0.3) is 0 Å². The Morgan fingerprint density at radius 3 is 2.60 bits per heavy atom.